The van der Waals surface area contributed by atoms with Gasteiger partial charge in [-0.3, -0.25) is 4.79 Å². The molecule has 2 aromatic rings. The molecule has 0 fully saturated rings. The van der Waals surface area contributed by atoms with Gasteiger partial charge in [-0.05, 0) is 23.8 Å². The quantitative estimate of drug-likeness (QED) is 0.852. The molecule has 0 bridgehead atoms. The summed E-state index contributed by atoms with van der Waals surface area (Å²) in [5.74, 6) is -3.81. The van der Waals surface area contributed by atoms with Crippen LogP contribution in [0.2, 0.25) is 0 Å². The summed E-state index contributed by atoms with van der Waals surface area (Å²) in [5, 5.41) is 10.7. The molecule has 124 valence electrons. The number of carbonyl (C=O) groups is 1. The van der Waals surface area contributed by atoms with Crippen LogP contribution >= 0.6 is 0 Å². The van der Waals surface area contributed by atoms with E-state index in [4.69, 9.17) is 5.26 Å². The van der Waals surface area contributed by atoms with Crippen molar-refractivity contribution in [3.8, 4) is 6.07 Å². The van der Waals surface area contributed by atoms with Gasteiger partial charge in [0.15, 0.2) is 0 Å². The van der Waals surface area contributed by atoms with E-state index < -0.39 is 35.7 Å². The van der Waals surface area contributed by atoms with Crippen LogP contribution in [0.1, 0.15) is 21.5 Å². The lowest BCUT2D eigenvalue weighted by atomic mass is 10.1. The Morgan fingerprint density at radius 2 is 1.71 bits per heavy atom. The zero-order chi connectivity index (χ0) is 17.9. The van der Waals surface area contributed by atoms with Crippen molar-refractivity contribution in [1.29, 1.82) is 5.26 Å². The van der Waals surface area contributed by atoms with Gasteiger partial charge in [-0.2, -0.15) is 18.4 Å². The first-order valence-electron chi connectivity index (χ1n) is 6.56. The first kappa shape index (κ1) is 17.4. The van der Waals surface area contributed by atoms with Gasteiger partial charge in [-0.15, -0.1) is 0 Å². The highest BCUT2D eigenvalue weighted by atomic mass is 19.4. The molecule has 0 aliphatic rings. The molecular weight excluding hydrogens is 331 g/mol. The van der Waals surface area contributed by atoms with E-state index in [1.54, 1.807) is 0 Å². The van der Waals surface area contributed by atoms with Crippen molar-refractivity contribution in [2.45, 2.75) is 12.6 Å². The van der Waals surface area contributed by atoms with Gasteiger partial charge in [-0.1, -0.05) is 18.2 Å². The maximum Gasteiger partial charge on any atom is 0.393 e. The van der Waals surface area contributed by atoms with Crippen LogP contribution in [0.4, 0.5) is 27.6 Å². The highest BCUT2D eigenvalue weighted by Crippen LogP contribution is 2.27. The number of halogens is 5. The largest absolute Gasteiger partial charge is 0.393 e. The molecule has 24 heavy (non-hydrogen) atoms. The lowest BCUT2D eigenvalue weighted by Gasteiger charge is -2.13. The molecule has 0 aromatic heterocycles. The number of rotatable bonds is 3. The Labute approximate surface area is 133 Å². The molecule has 0 radical (unpaired) electrons. The van der Waals surface area contributed by atoms with E-state index in [0.29, 0.717) is 12.1 Å². The molecule has 2 aromatic carbocycles. The van der Waals surface area contributed by atoms with Crippen LogP contribution < -0.4 is 5.32 Å². The Morgan fingerprint density at radius 1 is 1.12 bits per heavy atom. The number of para-hydroxylation sites is 1. The number of benzene rings is 2. The SMILES string of the molecule is N#Cc1cc(F)c(C(=O)Nc2ccccc2CC(F)(F)F)c(F)c1. The summed E-state index contributed by atoms with van der Waals surface area (Å²) in [7, 11) is 0. The Hall–Kier alpha value is -2.95. The third-order valence-electron chi connectivity index (χ3n) is 3.05. The highest BCUT2D eigenvalue weighted by molar-refractivity contribution is 6.05. The standard InChI is InChI=1S/C16H9F5N2O/c17-11-5-9(8-22)6-12(18)14(11)15(24)23-13-4-2-1-3-10(13)7-16(19,20)21/h1-6H,7H2,(H,23,24). The van der Waals surface area contributed by atoms with Crippen molar-refractivity contribution in [1.82, 2.24) is 0 Å². The molecule has 0 heterocycles. The predicted molar refractivity (Wildman–Crippen MR) is 75.2 cm³/mol. The maximum absolute atomic E-state index is 13.8. The van der Waals surface area contributed by atoms with Gasteiger partial charge in [0, 0.05) is 5.69 Å². The Balaban J connectivity index is 2.34. The van der Waals surface area contributed by atoms with Gasteiger partial charge in [-0.25, -0.2) is 8.78 Å². The molecule has 0 saturated carbocycles. The van der Waals surface area contributed by atoms with Gasteiger partial charge in [0.2, 0.25) is 0 Å². The summed E-state index contributed by atoms with van der Waals surface area (Å²) in [5.41, 5.74) is -1.74. The van der Waals surface area contributed by atoms with Crippen molar-refractivity contribution in [3.63, 3.8) is 0 Å². The minimum absolute atomic E-state index is 0.206. The molecule has 2 rings (SSSR count). The van der Waals surface area contributed by atoms with Crippen LogP contribution in [-0.4, -0.2) is 12.1 Å². The predicted octanol–water partition coefficient (Wildman–Crippen LogP) is 4.19. The maximum atomic E-state index is 13.8. The van der Waals surface area contributed by atoms with E-state index in [-0.39, 0.29) is 16.8 Å². The fourth-order valence-corrected chi connectivity index (χ4v) is 2.05. The number of nitriles is 1. The van der Waals surface area contributed by atoms with Crippen LogP contribution in [0.3, 0.4) is 0 Å². The summed E-state index contributed by atoms with van der Waals surface area (Å²) >= 11 is 0. The van der Waals surface area contributed by atoms with Gasteiger partial charge < -0.3 is 5.32 Å². The van der Waals surface area contributed by atoms with E-state index in [9.17, 15) is 26.7 Å². The number of hydrogen-bond donors (Lipinski definition) is 1. The Kier molecular flexibility index (Phi) is 4.83. The van der Waals surface area contributed by atoms with E-state index in [1.165, 1.54) is 24.3 Å². The van der Waals surface area contributed by atoms with E-state index in [1.807, 2.05) is 0 Å². The van der Waals surface area contributed by atoms with Crippen LogP contribution in [0.5, 0.6) is 0 Å². The number of hydrogen-bond acceptors (Lipinski definition) is 2. The van der Waals surface area contributed by atoms with Gasteiger partial charge in [0.05, 0.1) is 18.1 Å². The summed E-state index contributed by atoms with van der Waals surface area (Å²) in [4.78, 5) is 12.0. The molecular formula is C16H9F5N2O. The minimum Gasteiger partial charge on any atom is -0.322 e. The lowest BCUT2D eigenvalue weighted by Crippen LogP contribution is -2.19. The molecule has 0 aliphatic heterocycles. The zero-order valence-corrected chi connectivity index (χ0v) is 11.9. The summed E-state index contributed by atoms with van der Waals surface area (Å²) in [6, 6.07) is 7.92. The van der Waals surface area contributed by atoms with Gasteiger partial charge >= 0.3 is 6.18 Å². The molecule has 0 spiro atoms. The molecule has 0 saturated heterocycles. The Bertz CT molecular complexity index is 801. The number of alkyl halides is 3. The van der Waals surface area contributed by atoms with Crippen molar-refractivity contribution in [2.75, 3.05) is 5.32 Å². The van der Waals surface area contributed by atoms with E-state index in [0.717, 1.165) is 6.07 Å². The number of nitrogens with zero attached hydrogens (tertiary/aromatic N) is 1. The smallest absolute Gasteiger partial charge is 0.322 e. The average Bonchev–Trinajstić information content (AvgIpc) is 2.47. The van der Waals surface area contributed by atoms with Crippen molar-refractivity contribution in [3.05, 3.63) is 64.7 Å². The lowest BCUT2D eigenvalue weighted by molar-refractivity contribution is -0.127. The Morgan fingerprint density at radius 3 is 2.25 bits per heavy atom. The normalized spacial score (nSPS) is 11.0. The first-order chi connectivity index (χ1) is 11.2. The molecule has 0 unspecified atom stereocenters. The zero-order valence-electron chi connectivity index (χ0n) is 11.9. The summed E-state index contributed by atoms with van der Waals surface area (Å²) in [6.45, 7) is 0. The number of anilines is 1. The number of carbonyl (C=O) groups excluding carboxylic acids is 1. The molecule has 3 nitrogen and oxygen atoms in total. The summed E-state index contributed by atoms with van der Waals surface area (Å²) < 4.78 is 65.2. The second-order valence-corrected chi connectivity index (χ2v) is 4.83. The van der Waals surface area contributed by atoms with Gasteiger partial charge in [0.25, 0.3) is 5.91 Å². The number of amides is 1. The van der Waals surface area contributed by atoms with E-state index in [2.05, 4.69) is 5.32 Å². The third-order valence-corrected chi connectivity index (χ3v) is 3.05. The van der Waals surface area contributed by atoms with Crippen LogP contribution in [-0.2, 0) is 6.42 Å². The van der Waals surface area contributed by atoms with Crippen LogP contribution in [0, 0.1) is 23.0 Å². The molecule has 1 amide bonds. The van der Waals surface area contributed by atoms with Crippen molar-refractivity contribution >= 4 is 11.6 Å². The van der Waals surface area contributed by atoms with E-state index >= 15 is 0 Å². The number of nitrogens with one attached hydrogen (secondary N) is 1. The third kappa shape index (κ3) is 4.07. The summed E-state index contributed by atoms with van der Waals surface area (Å²) in [6.07, 6.45) is -5.81. The molecule has 1 N–H and O–H groups in total. The fourth-order valence-electron chi connectivity index (χ4n) is 2.05. The second kappa shape index (κ2) is 6.66. The van der Waals surface area contributed by atoms with Gasteiger partial charge in [0.1, 0.15) is 17.2 Å². The van der Waals surface area contributed by atoms with Crippen LogP contribution in [0.15, 0.2) is 36.4 Å². The fraction of sp³-hybridized carbons (Fsp3) is 0.125. The molecule has 8 heteroatoms. The minimum atomic E-state index is -4.51. The highest BCUT2D eigenvalue weighted by Gasteiger charge is 2.29. The van der Waals surface area contributed by atoms with Crippen molar-refractivity contribution < 1.29 is 26.7 Å². The first-order valence-corrected chi connectivity index (χ1v) is 6.56. The molecule has 0 aliphatic carbocycles. The molecule has 0 atom stereocenters. The van der Waals surface area contributed by atoms with Crippen molar-refractivity contribution in [2.24, 2.45) is 0 Å². The average molecular weight is 340 g/mol. The monoisotopic (exact) mass is 340 g/mol. The topological polar surface area (TPSA) is 52.9 Å². The van der Waals surface area contributed by atoms with Crippen LogP contribution in [0.25, 0.3) is 0 Å². The second-order valence-electron chi connectivity index (χ2n) is 4.83.